The Balaban J connectivity index is 1.95. The molecule has 8 heteroatoms. The third-order valence-corrected chi connectivity index (χ3v) is 3.86. The number of rotatable bonds is 10. The Kier molecular flexibility index (Phi) is 8.68. The van der Waals surface area contributed by atoms with E-state index >= 15 is 0 Å². The highest BCUT2D eigenvalue weighted by atomic mass is 16.6. The maximum Gasteiger partial charge on any atom is 0.265 e. The van der Waals surface area contributed by atoms with E-state index in [0.29, 0.717) is 41.8 Å². The zero-order valence-electron chi connectivity index (χ0n) is 17.7. The molecule has 2 aromatic rings. The lowest BCUT2D eigenvalue weighted by atomic mass is 10.1. The molecule has 0 saturated carbocycles. The molecule has 0 saturated heterocycles. The lowest BCUT2D eigenvalue weighted by Gasteiger charge is -2.13. The van der Waals surface area contributed by atoms with Crippen LogP contribution in [0.3, 0.4) is 0 Å². The lowest BCUT2D eigenvalue weighted by Crippen LogP contribution is -2.18. The second-order valence-corrected chi connectivity index (χ2v) is 6.28. The minimum atomic E-state index is -0.373. The summed E-state index contributed by atoms with van der Waals surface area (Å²) >= 11 is 0. The molecule has 0 aromatic heterocycles. The number of carbonyl (C=O) groups is 2. The van der Waals surface area contributed by atoms with Crippen molar-refractivity contribution >= 4 is 28.9 Å². The largest absolute Gasteiger partial charge is 0.494 e. The van der Waals surface area contributed by atoms with Crippen molar-refractivity contribution in [1.82, 2.24) is 0 Å². The van der Waals surface area contributed by atoms with E-state index in [1.165, 1.54) is 6.92 Å². The van der Waals surface area contributed by atoms with Gasteiger partial charge in [0.05, 0.1) is 24.6 Å². The fourth-order valence-electron chi connectivity index (χ4n) is 2.57. The Labute approximate surface area is 176 Å². The van der Waals surface area contributed by atoms with E-state index in [2.05, 4.69) is 15.8 Å². The van der Waals surface area contributed by atoms with Gasteiger partial charge in [-0.2, -0.15) is 0 Å². The van der Waals surface area contributed by atoms with Crippen LogP contribution >= 0.6 is 0 Å². The van der Waals surface area contributed by atoms with Crippen molar-refractivity contribution in [3.05, 3.63) is 48.0 Å². The molecular weight excluding hydrogens is 386 g/mol. The van der Waals surface area contributed by atoms with Gasteiger partial charge in [0.1, 0.15) is 11.5 Å². The molecule has 0 aliphatic heterocycles. The van der Waals surface area contributed by atoms with Gasteiger partial charge in [-0.15, -0.1) is 0 Å². The summed E-state index contributed by atoms with van der Waals surface area (Å²) in [5.74, 6) is 0.672. The Morgan fingerprint density at radius 2 is 1.63 bits per heavy atom. The third-order valence-electron chi connectivity index (χ3n) is 3.86. The molecule has 2 rings (SSSR count). The summed E-state index contributed by atoms with van der Waals surface area (Å²) in [6.45, 7) is 7.70. The molecule has 0 aliphatic rings. The van der Waals surface area contributed by atoms with Crippen molar-refractivity contribution in [2.45, 2.75) is 27.7 Å². The SMILES string of the molecule is CCOc1ccc(OCC)c(NC(=O)CO/N=C(\C)c2ccc(NC(C)=O)cc2)c1. The van der Waals surface area contributed by atoms with Gasteiger partial charge in [0.2, 0.25) is 5.91 Å². The van der Waals surface area contributed by atoms with Crippen molar-refractivity contribution in [3.63, 3.8) is 0 Å². The number of carbonyl (C=O) groups excluding carboxylic acids is 2. The Morgan fingerprint density at radius 1 is 0.933 bits per heavy atom. The summed E-state index contributed by atoms with van der Waals surface area (Å²) in [6.07, 6.45) is 0. The molecule has 0 heterocycles. The average molecular weight is 413 g/mol. The van der Waals surface area contributed by atoms with E-state index in [0.717, 1.165) is 5.56 Å². The van der Waals surface area contributed by atoms with Crippen LogP contribution in [0.2, 0.25) is 0 Å². The predicted molar refractivity (Wildman–Crippen MR) is 116 cm³/mol. The first-order valence-corrected chi connectivity index (χ1v) is 9.67. The van der Waals surface area contributed by atoms with Gasteiger partial charge in [-0.25, -0.2) is 0 Å². The summed E-state index contributed by atoms with van der Waals surface area (Å²) in [6, 6.07) is 12.4. The molecule has 2 amide bonds. The summed E-state index contributed by atoms with van der Waals surface area (Å²) in [5, 5.41) is 9.44. The lowest BCUT2D eigenvalue weighted by molar-refractivity contribution is -0.120. The third kappa shape index (κ3) is 7.12. The smallest absolute Gasteiger partial charge is 0.265 e. The molecule has 0 aliphatic carbocycles. The number of nitrogens with zero attached hydrogens (tertiary/aromatic N) is 1. The maximum atomic E-state index is 12.3. The molecule has 2 N–H and O–H groups in total. The van der Waals surface area contributed by atoms with Crippen LogP contribution in [-0.2, 0) is 14.4 Å². The number of hydrogen-bond acceptors (Lipinski definition) is 6. The minimum Gasteiger partial charge on any atom is -0.494 e. The topological polar surface area (TPSA) is 98.2 Å². The van der Waals surface area contributed by atoms with Gasteiger partial charge in [0.25, 0.3) is 5.91 Å². The Hall–Kier alpha value is -3.55. The maximum absolute atomic E-state index is 12.3. The quantitative estimate of drug-likeness (QED) is 0.456. The zero-order chi connectivity index (χ0) is 21.9. The van der Waals surface area contributed by atoms with Crippen molar-refractivity contribution in [3.8, 4) is 11.5 Å². The summed E-state index contributed by atoms with van der Waals surface area (Å²) in [7, 11) is 0. The van der Waals surface area contributed by atoms with Crippen molar-refractivity contribution in [2.24, 2.45) is 5.16 Å². The predicted octanol–water partition coefficient (Wildman–Crippen LogP) is 3.82. The van der Waals surface area contributed by atoms with E-state index in [4.69, 9.17) is 14.3 Å². The van der Waals surface area contributed by atoms with Crippen LogP contribution in [0, 0.1) is 0 Å². The molecule has 0 atom stereocenters. The molecule has 0 spiro atoms. The van der Waals surface area contributed by atoms with Crippen molar-refractivity contribution in [2.75, 3.05) is 30.5 Å². The highest BCUT2D eigenvalue weighted by Crippen LogP contribution is 2.29. The van der Waals surface area contributed by atoms with Crippen LogP contribution in [0.1, 0.15) is 33.3 Å². The van der Waals surface area contributed by atoms with Gasteiger partial charge in [0.15, 0.2) is 6.61 Å². The Morgan fingerprint density at radius 3 is 2.27 bits per heavy atom. The molecule has 0 fully saturated rings. The first-order valence-electron chi connectivity index (χ1n) is 9.67. The summed E-state index contributed by atoms with van der Waals surface area (Å²) in [5.41, 5.74) is 2.61. The van der Waals surface area contributed by atoms with Gasteiger partial charge in [0, 0.05) is 18.7 Å². The van der Waals surface area contributed by atoms with E-state index in [9.17, 15) is 9.59 Å². The standard InChI is InChI=1S/C22H27N3O5/c1-5-28-19-11-12-21(29-6-2)20(13-19)24-22(27)14-30-25-15(3)17-7-9-18(10-8-17)23-16(4)26/h7-13H,5-6,14H2,1-4H3,(H,23,26)(H,24,27)/b25-15+. The first-order chi connectivity index (χ1) is 14.4. The highest BCUT2D eigenvalue weighted by Gasteiger charge is 2.10. The number of anilines is 2. The number of amides is 2. The molecule has 0 bridgehead atoms. The van der Waals surface area contributed by atoms with Gasteiger partial charge >= 0.3 is 0 Å². The fourth-order valence-corrected chi connectivity index (χ4v) is 2.57. The highest BCUT2D eigenvalue weighted by molar-refractivity contribution is 5.99. The normalized spacial score (nSPS) is 10.9. The number of nitrogens with one attached hydrogen (secondary N) is 2. The van der Waals surface area contributed by atoms with Crippen LogP contribution in [0.15, 0.2) is 47.6 Å². The van der Waals surface area contributed by atoms with Crippen LogP contribution in [0.4, 0.5) is 11.4 Å². The van der Waals surface area contributed by atoms with Crippen LogP contribution in [-0.4, -0.2) is 37.3 Å². The van der Waals surface area contributed by atoms with Gasteiger partial charge in [-0.1, -0.05) is 17.3 Å². The molecule has 2 aromatic carbocycles. The van der Waals surface area contributed by atoms with E-state index in [1.54, 1.807) is 49.4 Å². The summed E-state index contributed by atoms with van der Waals surface area (Å²) < 4.78 is 11.0. The fraction of sp³-hybridized carbons (Fsp3) is 0.318. The number of benzene rings is 2. The van der Waals surface area contributed by atoms with Crippen molar-refractivity contribution < 1.29 is 23.9 Å². The summed E-state index contributed by atoms with van der Waals surface area (Å²) in [4.78, 5) is 28.5. The number of hydrogen-bond donors (Lipinski definition) is 2. The average Bonchev–Trinajstić information content (AvgIpc) is 2.70. The van der Waals surface area contributed by atoms with Gasteiger partial charge in [-0.3, -0.25) is 9.59 Å². The molecular formula is C22H27N3O5. The molecule has 8 nitrogen and oxygen atoms in total. The number of ether oxygens (including phenoxy) is 2. The zero-order valence-corrected chi connectivity index (χ0v) is 17.7. The monoisotopic (exact) mass is 413 g/mol. The van der Waals surface area contributed by atoms with Crippen molar-refractivity contribution in [1.29, 1.82) is 0 Å². The van der Waals surface area contributed by atoms with E-state index < -0.39 is 0 Å². The Bertz CT molecular complexity index is 894. The van der Waals surface area contributed by atoms with Gasteiger partial charge in [-0.05, 0) is 50.6 Å². The van der Waals surface area contributed by atoms with E-state index in [-0.39, 0.29) is 18.4 Å². The van der Waals surface area contributed by atoms with Crippen LogP contribution < -0.4 is 20.1 Å². The minimum absolute atomic E-state index is 0.137. The van der Waals surface area contributed by atoms with E-state index in [1.807, 2.05) is 13.8 Å². The van der Waals surface area contributed by atoms with Crippen LogP contribution in [0.25, 0.3) is 0 Å². The molecule has 0 radical (unpaired) electrons. The second-order valence-electron chi connectivity index (χ2n) is 6.28. The van der Waals surface area contributed by atoms with Gasteiger partial charge < -0.3 is 24.9 Å². The van der Waals surface area contributed by atoms with Crippen LogP contribution in [0.5, 0.6) is 11.5 Å². The molecule has 160 valence electrons. The first kappa shape index (κ1) is 22.7. The second kappa shape index (κ2) is 11.5. The molecule has 30 heavy (non-hydrogen) atoms. The molecule has 0 unspecified atom stereocenters. The number of oxime groups is 1.